The first-order valence-corrected chi connectivity index (χ1v) is 14.6. The number of hydrogen-bond donors (Lipinski definition) is 1. The first-order valence-electron chi connectivity index (χ1n) is 14.6. The van der Waals surface area contributed by atoms with E-state index in [-0.39, 0.29) is 11.9 Å². The molecule has 1 aromatic heterocycles. The van der Waals surface area contributed by atoms with Crippen molar-refractivity contribution >= 4 is 28.2 Å². The third-order valence-electron chi connectivity index (χ3n) is 8.84. The average Bonchev–Trinajstić information content (AvgIpc) is 3.47. The number of nitriles is 1. The number of hydrogen-bond acceptors (Lipinski definition) is 5. The van der Waals surface area contributed by atoms with Crippen molar-refractivity contribution in [3.05, 3.63) is 94.7 Å². The standard InChI is InChI=1S/C34H38N6O/c1-24-18-25(2)31(20-29(24)23-37-12-14-38(15-13-37)33-7-5-4-6-28(33)21-35)34(41)40-17-16-39(22-26(40)3)30-8-9-32-27(19-30)10-11-36-32/h4-11,18-20,26,36H,12-17,22-23H2,1-3H3/t26-/m0/s1. The largest absolute Gasteiger partial charge is 0.368 e. The zero-order chi connectivity index (χ0) is 28.5. The van der Waals surface area contributed by atoms with Crippen LogP contribution in [0.1, 0.15) is 39.5 Å². The minimum atomic E-state index is 0.117. The molecule has 0 bridgehead atoms. The lowest BCUT2D eigenvalue weighted by Crippen LogP contribution is -2.54. The average molecular weight is 547 g/mol. The lowest BCUT2D eigenvalue weighted by Gasteiger charge is -2.41. The fraction of sp³-hybridized carbons (Fsp3) is 0.353. The smallest absolute Gasteiger partial charge is 0.254 e. The molecule has 2 fully saturated rings. The molecule has 2 saturated heterocycles. The molecule has 1 atom stereocenters. The van der Waals surface area contributed by atoms with Crippen LogP contribution in [-0.4, -0.2) is 72.5 Å². The highest BCUT2D eigenvalue weighted by Crippen LogP contribution is 2.27. The Labute approximate surface area is 242 Å². The summed E-state index contributed by atoms with van der Waals surface area (Å²) in [4.78, 5) is 26.4. The summed E-state index contributed by atoms with van der Waals surface area (Å²) in [6.45, 7) is 13.2. The molecule has 1 amide bonds. The highest BCUT2D eigenvalue weighted by atomic mass is 16.2. The summed E-state index contributed by atoms with van der Waals surface area (Å²) in [6.07, 6.45) is 1.97. The van der Waals surface area contributed by atoms with Gasteiger partial charge >= 0.3 is 0 Å². The molecule has 41 heavy (non-hydrogen) atoms. The third-order valence-corrected chi connectivity index (χ3v) is 8.84. The zero-order valence-electron chi connectivity index (χ0n) is 24.2. The number of rotatable bonds is 5. The van der Waals surface area contributed by atoms with E-state index in [0.29, 0.717) is 6.54 Å². The number of anilines is 2. The molecule has 4 aromatic rings. The topological polar surface area (TPSA) is 69.6 Å². The van der Waals surface area contributed by atoms with Crippen LogP contribution >= 0.6 is 0 Å². The van der Waals surface area contributed by atoms with Crippen molar-refractivity contribution in [3.63, 3.8) is 0 Å². The first kappa shape index (κ1) is 26.9. The number of benzene rings is 3. The molecule has 0 aliphatic carbocycles. The molecule has 1 N–H and O–H groups in total. The summed E-state index contributed by atoms with van der Waals surface area (Å²) >= 11 is 0. The highest BCUT2D eigenvalue weighted by molar-refractivity contribution is 5.96. The summed E-state index contributed by atoms with van der Waals surface area (Å²) < 4.78 is 0. The van der Waals surface area contributed by atoms with Crippen molar-refractivity contribution in [2.45, 2.75) is 33.4 Å². The molecule has 210 valence electrons. The fourth-order valence-electron chi connectivity index (χ4n) is 6.42. The number of nitrogens with one attached hydrogen (secondary N) is 1. The van der Waals surface area contributed by atoms with E-state index in [2.05, 4.69) is 87.8 Å². The van der Waals surface area contributed by atoms with Gasteiger partial charge in [-0.1, -0.05) is 18.2 Å². The lowest BCUT2D eigenvalue weighted by atomic mass is 9.97. The van der Waals surface area contributed by atoms with Crippen molar-refractivity contribution in [2.75, 3.05) is 55.6 Å². The zero-order valence-corrected chi connectivity index (χ0v) is 24.2. The van der Waals surface area contributed by atoms with Crippen molar-refractivity contribution in [1.82, 2.24) is 14.8 Å². The Hall–Kier alpha value is -4.28. The molecule has 3 heterocycles. The number of amides is 1. The number of carbonyl (C=O) groups is 1. The Morgan fingerprint density at radius 2 is 1.71 bits per heavy atom. The van der Waals surface area contributed by atoms with Crippen LogP contribution in [-0.2, 0) is 6.54 Å². The highest BCUT2D eigenvalue weighted by Gasteiger charge is 2.30. The third kappa shape index (κ3) is 5.40. The minimum Gasteiger partial charge on any atom is -0.368 e. The molecule has 0 radical (unpaired) electrons. The van der Waals surface area contributed by atoms with E-state index in [1.807, 2.05) is 30.5 Å². The maximum atomic E-state index is 13.9. The number of nitrogens with zero attached hydrogens (tertiary/aromatic N) is 5. The number of piperazine rings is 2. The number of para-hydroxylation sites is 1. The van der Waals surface area contributed by atoms with Crippen molar-refractivity contribution in [2.24, 2.45) is 0 Å². The fourth-order valence-corrected chi connectivity index (χ4v) is 6.42. The monoisotopic (exact) mass is 546 g/mol. The van der Waals surface area contributed by atoms with Gasteiger partial charge in [-0.15, -0.1) is 0 Å². The van der Waals surface area contributed by atoms with Gasteiger partial charge < -0.3 is 19.7 Å². The van der Waals surface area contributed by atoms with Gasteiger partial charge in [-0.3, -0.25) is 9.69 Å². The summed E-state index contributed by atoms with van der Waals surface area (Å²) in [5.41, 5.74) is 8.42. The van der Waals surface area contributed by atoms with Gasteiger partial charge in [0, 0.05) is 86.8 Å². The van der Waals surface area contributed by atoms with Gasteiger partial charge in [-0.05, 0) is 79.9 Å². The van der Waals surface area contributed by atoms with Crippen LogP contribution in [0.3, 0.4) is 0 Å². The first-order chi connectivity index (χ1) is 19.9. The molecule has 7 heteroatoms. The van der Waals surface area contributed by atoms with E-state index in [1.54, 1.807) is 0 Å². The molecule has 2 aliphatic heterocycles. The second-order valence-corrected chi connectivity index (χ2v) is 11.5. The maximum absolute atomic E-state index is 13.9. The Balaban J connectivity index is 1.12. The van der Waals surface area contributed by atoms with Crippen LogP contribution in [0.5, 0.6) is 0 Å². The number of fused-ring (bicyclic) bond motifs is 1. The SMILES string of the molecule is Cc1cc(C)c(C(=O)N2CCN(c3ccc4[nH]ccc4c3)C[C@@H]2C)cc1CN1CCN(c2ccccc2C#N)CC1. The predicted octanol–water partition coefficient (Wildman–Crippen LogP) is 5.33. The number of aryl methyl sites for hydroxylation is 2. The predicted molar refractivity (Wildman–Crippen MR) is 166 cm³/mol. The van der Waals surface area contributed by atoms with E-state index >= 15 is 0 Å². The van der Waals surface area contributed by atoms with E-state index in [4.69, 9.17) is 0 Å². The van der Waals surface area contributed by atoms with Crippen molar-refractivity contribution in [1.29, 1.82) is 5.26 Å². The molecular weight excluding hydrogens is 508 g/mol. The van der Waals surface area contributed by atoms with Gasteiger partial charge in [0.2, 0.25) is 0 Å². The van der Waals surface area contributed by atoms with Gasteiger partial charge in [0.15, 0.2) is 0 Å². The normalized spacial score (nSPS) is 18.1. The van der Waals surface area contributed by atoms with Gasteiger partial charge in [0.05, 0.1) is 11.3 Å². The number of aromatic amines is 1. The molecule has 3 aromatic carbocycles. The van der Waals surface area contributed by atoms with E-state index < -0.39 is 0 Å². The summed E-state index contributed by atoms with van der Waals surface area (Å²) in [5.74, 6) is 0.134. The number of H-pyrrole nitrogens is 1. The Kier molecular flexibility index (Phi) is 7.42. The number of aromatic nitrogens is 1. The van der Waals surface area contributed by atoms with Gasteiger partial charge in [-0.25, -0.2) is 0 Å². The van der Waals surface area contributed by atoms with Gasteiger partial charge in [0.1, 0.15) is 6.07 Å². The van der Waals surface area contributed by atoms with Crippen LogP contribution < -0.4 is 9.80 Å². The van der Waals surface area contributed by atoms with E-state index in [0.717, 1.165) is 73.7 Å². The Morgan fingerprint density at radius 3 is 2.49 bits per heavy atom. The molecule has 0 saturated carbocycles. The molecular formula is C34H38N6O. The molecule has 0 spiro atoms. The van der Waals surface area contributed by atoms with Crippen molar-refractivity contribution < 1.29 is 4.79 Å². The van der Waals surface area contributed by atoms with Crippen LogP contribution in [0.15, 0.2) is 66.9 Å². The van der Waals surface area contributed by atoms with E-state index in [9.17, 15) is 10.1 Å². The summed E-state index contributed by atoms with van der Waals surface area (Å²) in [6, 6.07) is 23.2. The quantitative estimate of drug-likeness (QED) is 0.367. The summed E-state index contributed by atoms with van der Waals surface area (Å²) in [5, 5.41) is 10.7. The van der Waals surface area contributed by atoms with Gasteiger partial charge in [0.25, 0.3) is 5.91 Å². The van der Waals surface area contributed by atoms with Crippen molar-refractivity contribution in [3.8, 4) is 6.07 Å². The Bertz CT molecular complexity index is 1610. The lowest BCUT2D eigenvalue weighted by molar-refractivity contribution is 0.0673. The van der Waals surface area contributed by atoms with E-state index in [1.165, 1.54) is 22.2 Å². The number of carbonyl (C=O) groups excluding carboxylic acids is 1. The van der Waals surface area contributed by atoms with Crippen LogP contribution in [0.4, 0.5) is 11.4 Å². The van der Waals surface area contributed by atoms with Crippen LogP contribution in [0.2, 0.25) is 0 Å². The van der Waals surface area contributed by atoms with Gasteiger partial charge in [-0.2, -0.15) is 5.26 Å². The summed E-state index contributed by atoms with van der Waals surface area (Å²) in [7, 11) is 0. The molecule has 0 unspecified atom stereocenters. The maximum Gasteiger partial charge on any atom is 0.254 e. The van der Waals surface area contributed by atoms with Crippen LogP contribution in [0, 0.1) is 25.2 Å². The Morgan fingerprint density at radius 1 is 0.927 bits per heavy atom. The molecule has 2 aliphatic rings. The second-order valence-electron chi connectivity index (χ2n) is 11.5. The second kappa shape index (κ2) is 11.3. The molecule has 7 nitrogen and oxygen atoms in total. The van der Waals surface area contributed by atoms with Crippen LogP contribution in [0.25, 0.3) is 10.9 Å². The molecule has 6 rings (SSSR count). The minimum absolute atomic E-state index is 0.117.